The fraction of sp³-hybridized carbons (Fsp3) is 0.588. The maximum absolute atomic E-state index is 12.4. The van der Waals surface area contributed by atoms with Gasteiger partial charge in [0.2, 0.25) is 5.91 Å². The maximum Gasteiger partial charge on any atom is 0.260 e. The second kappa shape index (κ2) is 8.16. The number of H-pyrrole nitrogens is 1. The van der Waals surface area contributed by atoms with E-state index in [2.05, 4.69) is 22.2 Å². The van der Waals surface area contributed by atoms with Gasteiger partial charge in [0.15, 0.2) is 5.16 Å². The molecule has 0 radical (unpaired) electrons. The number of unbranched alkanes of at least 4 members (excludes halogenated alkanes) is 2. The number of aromatic nitrogens is 2. The average Bonchev–Trinajstić information content (AvgIpc) is 2.95. The number of thiophene rings is 1. The summed E-state index contributed by atoms with van der Waals surface area (Å²) in [6, 6.07) is 0. The normalized spacial score (nSPS) is 13.9. The van der Waals surface area contributed by atoms with Crippen LogP contribution in [0.25, 0.3) is 10.2 Å². The van der Waals surface area contributed by atoms with Crippen molar-refractivity contribution in [3.8, 4) is 0 Å². The molecule has 130 valence electrons. The van der Waals surface area contributed by atoms with E-state index in [4.69, 9.17) is 0 Å². The Labute approximate surface area is 149 Å². The summed E-state index contributed by atoms with van der Waals surface area (Å²) < 4.78 is 0. The first-order valence-electron chi connectivity index (χ1n) is 8.63. The summed E-state index contributed by atoms with van der Waals surface area (Å²) in [6.07, 6.45) is 7.65. The molecule has 24 heavy (non-hydrogen) atoms. The maximum atomic E-state index is 12.4. The molecular weight excluding hydrogens is 342 g/mol. The van der Waals surface area contributed by atoms with Crippen LogP contribution in [0.15, 0.2) is 9.95 Å². The molecule has 2 aromatic rings. The predicted octanol–water partition coefficient (Wildman–Crippen LogP) is 3.26. The molecule has 2 aromatic heterocycles. The van der Waals surface area contributed by atoms with Gasteiger partial charge in [-0.15, -0.1) is 11.3 Å². The van der Waals surface area contributed by atoms with Crippen LogP contribution >= 0.6 is 23.1 Å². The molecule has 5 nitrogen and oxygen atoms in total. The third kappa shape index (κ3) is 4.00. The lowest BCUT2D eigenvalue weighted by Gasteiger charge is -2.09. The Bertz CT molecular complexity index is 782. The highest BCUT2D eigenvalue weighted by Gasteiger charge is 2.20. The number of aromatic amines is 1. The van der Waals surface area contributed by atoms with Gasteiger partial charge in [0.1, 0.15) is 4.83 Å². The number of thioether (sulfide) groups is 1. The largest absolute Gasteiger partial charge is 0.355 e. The van der Waals surface area contributed by atoms with Crippen molar-refractivity contribution >= 4 is 39.2 Å². The first-order chi connectivity index (χ1) is 11.7. The highest BCUT2D eigenvalue weighted by atomic mass is 32.2. The molecule has 0 fully saturated rings. The summed E-state index contributed by atoms with van der Waals surface area (Å²) in [5.41, 5.74) is 1.13. The number of amides is 1. The van der Waals surface area contributed by atoms with Gasteiger partial charge in [0, 0.05) is 11.4 Å². The van der Waals surface area contributed by atoms with E-state index in [0.29, 0.717) is 11.7 Å². The molecule has 3 rings (SSSR count). The minimum absolute atomic E-state index is 0.00989. The van der Waals surface area contributed by atoms with E-state index >= 15 is 0 Å². The van der Waals surface area contributed by atoms with Gasteiger partial charge in [-0.25, -0.2) is 4.98 Å². The van der Waals surface area contributed by atoms with E-state index in [1.165, 1.54) is 28.6 Å². The van der Waals surface area contributed by atoms with Crippen LogP contribution in [0, 0.1) is 0 Å². The minimum Gasteiger partial charge on any atom is -0.355 e. The smallest absolute Gasteiger partial charge is 0.260 e. The van der Waals surface area contributed by atoms with Crippen molar-refractivity contribution in [2.45, 2.75) is 57.0 Å². The number of fused-ring (bicyclic) bond motifs is 3. The van der Waals surface area contributed by atoms with Gasteiger partial charge in [-0.3, -0.25) is 9.59 Å². The number of carbonyl (C=O) groups is 1. The van der Waals surface area contributed by atoms with Gasteiger partial charge in [-0.05, 0) is 37.7 Å². The molecular formula is C17H23N3O2S2. The number of carbonyl (C=O) groups excluding carboxylic acids is 1. The average molecular weight is 366 g/mol. The Kier molecular flexibility index (Phi) is 5.94. The molecule has 0 aromatic carbocycles. The van der Waals surface area contributed by atoms with Gasteiger partial charge >= 0.3 is 0 Å². The quantitative estimate of drug-likeness (QED) is 0.449. The summed E-state index contributed by atoms with van der Waals surface area (Å²) in [5, 5.41) is 4.21. The number of hydrogen-bond acceptors (Lipinski definition) is 5. The number of hydrogen-bond donors (Lipinski definition) is 2. The van der Waals surface area contributed by atoms with Crippen molar-refractivity contribution in [2.24, 2.45) is 0 Å². The molecule has 0 bridgehead atoms. The van der Waals surface area contributed by atoms with Crippen LogP contribution in [0.1, 0.15) is 49.5 Å². The zero-order valence-electron chi connectivity index (χ0n) is 13.9. The van der Waals surface area contributed by atoms with E-state index in [-0.39, 0.29) is 17.2 Å². The second-order valence-corrected chi connectivity index (χ2v) is 8.16. The summed E-state index contributed by atoms with van der Waals surface area (Å²) in [6.45, 7) is 2.85. The van der Waals surface area contributed by atoms with E-state index in [0.717, 1.165) is 48.7 Å². The van der Waals surface area contributed by atoms with Gasteiger partial charge in [-0.2, -0.15) is 0 Å². The Morgan fingerprint density at radius 3 is 3.00 bits per heavy atom. The molecule has 7 heteroatoms. The number of nitrogens with one attached hydrogen (secondary N) is 2. The SMILES string of the molecule is CCCCCNC(=O)CSc1nc2sc3c(c2c(=O)[nH]1)CCCC3. The van der Waals surface area contributed by atoms with Gasteiger partial charge in [0.25, 0.3) is 5.56 Å². The molecule has 0 unspecified atom stereocenters. The van der Waals surface area contributed by atoms with Crippen LogP contribution in [-0.2, 0) is 17.6 Å². The third-order valence-corrected chi connectivity index (χ3v) is 6.30. The lowest BCUT2D eigenvalue weighted by atomic mass is 9.97. The standard InChI is InChI=1S/C17H23N3O2S2/c1-2-3-6-9-18-13(21)10-23-17-19-15(22)14-11-7-4-5-8-12(11)24-16(14)20-17/h2-10H2,1H3,(H,18,21)(H,19,20,22). The zero-order chi connectivity index (χ0) is 16.9. The van der Waals surface area contributed by atoms with Crippen LogP contribution < -0.4 is 10.9 Å². The zero-order valence-corrected chi connectivity index (χ0v) is 15.6. The van der Waals surface area contributed by atoms with Crippen LogP contribution in [0.3, 0.4) is 0 Å². The van der Waals surface area contributed by atoms with Gasteiger partial charge in [-0.1, -0.05) is 31.5 Å². The van der Waals surface area contributed by atoms with Crippen LogP contribution in [0.5, 0.6) is 0 Å². The molecule has 0 saturated carbocycles. The molecule has 0 aliphatic heterocycles. The van der Waals surface area contributed by atoms with Crippen molar-refractivity contribution in [3.05, 3.63) is 20.8 Å². The minimum atomic E-state index is -0.0646. The fourth-order valence-electron chi connectivity index (χ4n) is 3.00. The number of rotatable bonds is 7. The fourth-order valence-corrected chi connectivity index (χ4v) is 5.01. The monoisotopic (exact) mass is 365 g/mol. The highest BCUT2D eigenvalue weighted by Crippen LogP contribution is 2.34. The molecule has 2 N–H and O–H groups in total. The van der Waals surface area contributed by atoms with E-state index in [1.807, 2.05) is 0 Å². The van der Waals surface area contributed by atoms with Crippen LogP contribution in [-0.4, -0.2) is 28.2 Å². The molecule has 1 amide bonds. The number of aryl methyl sites for hydroxylation is 2. The Balaban J connectivity index is 1.65. The van der Waals surface area contributed by atoms with Crippen LogP contribution in [0.4, 0.5) is 0 Å². The summed E-state index contributed by atoms with van der Waals surface area (Å²) in [5.74, 6) is 0.274. The molecule has 0 saturated heterocycles. The van der Waals surface area contributed by atoms with Gasteiger partial charge < -0.3 is 10.3 Å². The molecule has 1 aliphatic rings. The Morgan fingerprint density at radius 1 is 1.33 bits per heavy atom. The lowest BCUT2D eigenvalue weighted by molar-refractivity contribution is -0.118. The van der Waals surface area contributed by atoms with Gasteiger partial charge in [0.05, 0.1) is 11.1 Å². The van der Waals surface area contributed by atoms with Crippen molar-refractivity contribution in [2.75, 3.05) is 12.3 Å². The molecule has 1 aliphatic carbocycles. The van der Waals surface area contributed by atoms with Crippen molar-refractivity contribution < 1.29 is 4.79 Å². The molecule has 2 heterocycles. The van der Waals surface area contributed by atoms with Crippen LogP contribution in [0.2, 0.25) is 0 Å². The van der Waals surface area contributed by atoms with Crippen molar-refractivity contribution in [1.29, 1.82) is 0 Å². The van der Waals surface area contributed by atoms with Crippen molar-refractivity contribution in [1.82, 2.24) is 15.3 Å². The summed E-state index contributed by atoms with van der Waals surface area (Å²) in [4.78, 5) is 33.8. The molecule has 0 atom stereocenters. The third-order valence-electron chi connectivity index (χ3n) is 4.25. The summed E-state index contributed by atoms with van der Waals surface area (Å²) in [7, 11) is 0. The van der Waals surface area contributed by atoms with Crippen molar-refractivity contribution in [3.63, 3.8) is 0 Å². The van der Waals surface area contributed by atoms with E-state index < -0.39 is 0 Å². The highest BCUT2D eigenvalue weighted by molar-refractivity contribution is 7.99. The first-order valence-corrected chi connectivity index (χ1v) is 10.4. The predicted molar refractivity (Wildman–Crippen MR) is 100 cm³/mol. The Hall–Kier alpha value is -1.34. The molecule has 0 spiro atoms. The first kappa shape index (κ1) is 17.5. The topological polar surface area (TPSA) is 74.8 Å². The van der Waals surface area contributed by atoms with E-state index in [1.54, 1.807) is 11.3 Å². The summed E-state index contributed by atoms with van der Waals surface area (Å²) >= 11 is 2.93. The van der Waals surface area contributed by atoms with E-state index in [9.17, 15) is 9.59 Å². The Morgan fingerprint density at radius 2 is 2.17 bits per heavy atom. The second-order valence-electron chi connectivity index (χ2n) is 6.11. The lowest BCUT2D eigenvalue weighted by Crippen LogP contribution is -2.26. The number of nitrogens with zero attached hydrogens (tertiary/aromatic N) is 1.